The zero-order chi connectivity index (χ0) is 9.97. The highest BCUT2D eigenvalue weighted by Gasteiger charge is 2.27. The molecule has 1 heterocycles. The Morgan fingerprint density at radius 2 is 2.43 bits per heavy atom. The molecule has 1 aliphatic rings. The summed E-state index contributed by atoms with van der Waals surface area (Å²) in [6, 6.07) is 0.525. The van der Waals surface area contributed by atoms with E-state index in [1.165, 1.54) is 12.8 Å². The fourth-order valence-electron chi connectivity index (χ4n) is 1.03. The maximum Gasteiger partial charge on any atom is 0.209 e. The Bertz CT molecular complexity index is 334. The number of nitrogens with zero attached hydrogens (tertiary/aromatic N) is 4. The van der Waals surface area contributed by atoms with Gasteiger partial charge in [-0.15, -0.1) is 16.7 Å². The number of tetrazole rings is 1. The minimum atomic E-state index is 0.498. The molecular weight excluding hydrogens is 220 g/mol. The van der Waals surface area contributed by atoms with Crippen molar-refractivity contribution in [1.82, 2.24) is 20.2 Å². The first-order valence-corrected chi connectivity index (χ1v) is 5.96. The predicted octanol–water partition coefficient (Wildman–Crippen LogP) is 1.90. The molecule has 0 N–H and O–H groups in total. The van der Waals surface area contributed by atoms with Gasteiger partial charge in [0.25, 0.3) is 0 Å². The van der Waals surface area contributed by atoms with Gasteiger partial charge >= 0.3 is 0 Å². The van der Waals surface area contributed by atoms with Crippen LogP contribution in [0.5, 0.6) is 0 Å². The van der Waals surface area contributed by atoms with Crippen molar-refractivity contribution >= 4 is 23.4 Å². The molecule has 1 saturated carbocycles. The van der Waals surface area contributed by atoms with E-state index in [1.54, 1.807) is 11.8 Å². The molecule has 0 unspecified atom stereocenters. The third-order valence-corrected chi connectivity index (χ3v) is 3.41. The van der Waals surface area contributed by atoms with E-state index in [-0.39, 0.29) is 0 Å². The van der Waals surface area contributed by atoms with E-state index in [0.29, 0.717) is 11.9 Å². The second-order valence-electron chi connectivity index (χ2n) is 3.31. The molecule has 0 saturated heterocycles. The smallest absolute Gasteiger partial charge is 0.209 e. The Labute approximate surface area is 91.7 Å². The molecule has 0 bridgehead atoms. The second-order valence-corrected chi connectivity index (χ2v) is 4.52. The largest absolute Gasteiger partial charge is 0.217 e. The molecule has 1 aromatic rings. The number of thioether (sulfide) groups is 1. The van der Waals surface area contributed by atoms with Crippen LogP contribution in [0.25, 0.3) is 0 Å². The molecule has 0 spiro atoms. The van der Waals surface area contributed by atoms with E-state index in [9.17, 15) is 0 Å². The van der Waals surface area contributed by atoms with Gasteiger partial charge in [0.15, 0.2) is 0 Å². The van der Waals surface area contributed by atoms with E-state index >= 15 is 0 Å². The molecule has 6 heteroatoms. The Kier molecular flexibility index (Phi) is 3.08. The van der Waals surface area contributed by atoms with Crippen LogP contribution in [0.4, 0.5) is 0 Å². The second kappa shape index (κ2) is 4.31. The number of hydrogen-bond acceptors (Lipinski definition) is 4. The molecule has 0 radical (unpaired) electrons. The molecule has 0 aromatic carbocycles. The zero-order valence-electron chi connectivity index (χ0n) is 7.69. The normalized spacial score (nSPS) is 15.8. The molecular formula is C8H11ClN4S. The van der Waals surface area contributed by atoms with Crippen LogP contribution in [0.2, 0.25) is 0 Å². The predicted molar refractivity (Wildman–Crippen MR) is 56.7 cm³/mol. The van der Waals surface area contributed by atoms with Gasteiger partial charge in [0.05, 0.1) is 6.04 Å². The quantitative estimate of drug-likeness (QED) is 0.440. The van der Waals surface area contributed by atoms with Crippen LogP contribution in [0.3, 0.4) is 0 Å². The standard InChI is InChI=1S/C8H11ClN4S/c1-6(4-9)5-14-8-10-11-12-13(8)7-2-3-7/h7H,1-5H2. The summed E-state index contributed by atoms with van der Waals surface area (Å²) < 4.78 is 1.90. The van der Waals surface area contributed by atoms with E-state index < -0.39 is 0 Å². The molecule has 76 valence electrons. The minimum absolute atomic E-state index is 0.498. The van der Waals surface area contributed by atoms with Crippen molar-refractivity contribution in [2.45, 2.75) is 24.0 Å². The van der Waals surface area contributed by atoms with Crippen molar-refractivity contribution in [1.29, 1.82) is 0 Å². The summed E-state index contributed by atoms with van der Waals surface area (Å²) in [5.41, 5.74) is 1.00. The monoisotopic (exact) mass is 230 g/mol. The topological polar surface area (TPSA) is 43.6 Å². The molecule has 0 atom stereocenters. The van der Waals surface area contributed by atoms with Crippen molar-refractivity contribution in [2.24, 2.45) is 0 Å². The van der Waals surface area contributed by atoms with Gasteiger partial charge in [0.2, 0.25) is 5.16 Å². The number of halogens is 1. The average molecular weight is 231 g/mol. The zero-order valence-corrected chi connectivity index (χ0v) is 9.26. The Morgan fingerprint density at radius 3 is 3.07 bits per heavy atom. The summed E-state index contributed by atoms with van der Waals surface area (Å²) in [5.74, 6) is 1.29. The van der Waals surface area contributed by atoms with Crippen LogP contribution in [0.1, 0.15) is 18.9 Å². The van der Waals surface area contributed by atoms with Crippen LogP contribution >= 0.6 is 23.4 Å². The van der Waals surface area contributed by atoms with Crippen LogP contribution < -0.4 is 0 Å². The van der Waals surface area contributed by atoms with Crippen LogP contribution in [-0.2, 0) is 0 Å². The molecule has 0 aliphatic heterocycles. The van der Waals surface area contributed by atoms with Gasteiger partial charge < -0.3 is 0 Å². The summed E-state index contributed by atoms with van der Waals surface area (Å²) in [6.45, 7) is 3.83. The Balaban J connectivity index is 1.94. The summed E-state index contributed by atoms with van der Waals surface area (Å²) in [6.07, 6.45) is 2.38. The third kappa shape index (κ3) is 2.27. The van der Waals surface area contributed by atoms with Crippen molar-refractivity contribution in [3.05, 3.63) is 12.2 Å². The number of alkyl halides is 1. The van der Waals surface area contributed by atoms with Gasteiger partial charge in [-0.1, -0.05) is 23.9 Å². The van der Waals surface area contributed by atoms with Gasteiger partial charge in [-0.2, -0.15) is 0 Å². The Morgan fingerprint density at radius 1 is 1.64 bits per heavy atom. The highest BCUT2D eigenvalue weighted by Crippen LogP contribution is 2.36. The SMILES string of the molecule is C=C(CCl)CSc1nnnn1C1CC1. The lowest BCUT2D eigenvalue weighted by molar-refractivity contribution is 0.565. The fourth-order valence-corrected chi connectivity index (χ4v) is 2.09. The summed E-state index contributed by atoms with van der Waals surface area (Å²) in [5, 5.41) is 12.5. The van der Waals surface area contributed by atoms with Crippen molar-refractivity contribution in [2.75, 3.05) is 11.6 Å². The van der Waals surface area contributed by atoms with Gasteiger partial charge in [0, 0.05) is 11.6 Å². The first kappa shape index (κ1) is 9.98. The van der Waals surface area contributed by atoms with Gasteiger partial charge in [-0.05, 0) is 23.3 Å². The van der Waals surface area contributed by atoms with Gasteiger partial charge in [-0.25, -0.2) is 4.68 Å². The Hall–Kier alpha value is -0.550. The van der Waals surface area contributed by atoms with Crippen molar-refractivity contribution in [3.63, 3.8) is 0 Å². The average Bonchev–Trinajstić information content (AvgIpc) is 2.94. The lowest BCUT2D eigenvalue weighted by Gasteiger charge is -2.01. The fraction of sp³-hybridized carbons (Fsp3) is 0.625. The third-order valence-electron chi connectivity index (χ3n) is 1.95. The first-order chi connectivity index (χ1) is 6.81. The van der Waals surface area contributed by atoms with E-state index in [4.69, 9.17) is 11.6 Å². The lowest BCUT2D eigenvalue weighted by Crippen LogP contribution is -1.99. The van der Waals surface area contributed by atoms with Crippen LogP contribution in [0, 0.1) is 0 Å². The van der Waals surface area contributed by atoms with Crippen LogP contribution in [-0.4, -0.2) is 31.8 Å². The molecule has 1 fully saturated rings. The maximum atomic E-state index is 5.64. The number of rotatable bonds is 5. The highest BCUT2D eigenvalue weighted by molar-refractivity contribution is 7.99. The summed E-state index contributed by atoms with van der Waals surface area (Å²) in [7, 11) is 0. The molecule has 1 aromatic heterocycles. The first-order valence-electron chi connectivity index (χ1n) is 4.44. The molecule has 2 rings (SSSR count). The summed E-state index contributed by atoms with van der Waals surface area (Å²) in [4.78, 5) is 0. The summed E-state index contributed by atoms with van der Waals surface area (Å²) >= 11 is 7.23. The van der Waals surface area contributed by atoms with E-state index in [1.807, 2.05) is 4.68 Å². The van der Waals surface area contributed by atoms with Crippen molar-refractivity contribution < 1.29 is 0 Å². The maximum absolute atomic E-state index is 5.64. The minimum Gasteiger partial charge on any atom is -0.217 e. The van der Waals surface area contributed by atoms with Crippen molar-refractivity contribution in [3.8, 4) is 0 Å². The van der Waals surface area contributed by atoms with Gasteiger partial charge in [0.1, 0.15) is 0 Å². The molecule has 0 amide bonds. The van der Waals surface area contributed by atoms with E-state index in [2.05, 4.69) is 22.1 Å². The van der Waals surface area contributed by atoms with E-state index in [0.717, 1.165) is 16.5 Å². The molecule has 14 heavy (non-hydrogen) atoms. The van der Waals surface area contributed by atoms with Crippen LogP contribution in [0.15, 0.2) is 17.3 Å². The molecule has 4 nitrogen and oxygen atoms in total. The van der Waals surface area contributed by atoms with Gasteiger partial charge in [-0.3, -0.25) is 0 Å². The highest BCUT2D eigenvalue weighted by atomic mass is 35.5. The lowest BCUT2D eigenvalue weighted by atomic mass is 10.4. The number of hydrogen-bond donors (Lipinski definition) is 0. The molecule has 1 aliphatic carbocycles. The number of aromatic nitrogens is 4.